The molecule has 2 aliphatic carbocycles. The lowest BCUT2D eigenvalue weighted by molar-refractivity contribution is -0.153. The fraction of sp³-hybridized carbons (Fsp3) is 0.857. The molecule has 0 aromatic carbocycles. The molecular formula is C14H23NO3. The van der Waals surface area contributed by atoms with E-state index in [1.165, 1.54) is 0 Å². The van der Waals surface area contributed by atoms with Crippen LogP contribution in [-0.4, -0.2) is 34.5 Å². The highest BCUT2D eigenvalue weighted by molar-refractivity contribution is 5.85. The van der Waals surface area contributed by atoms with Gasteiger partial charge >= 0.3 is 5.97 Å². The minimum atomic E-state index is -0.777. The van der Waals surface area contributed by atoms with Gasteiger partial charge in [0, 0.05) is 19.0 Å². The first kappa shape index (κ1) is 13.4. The smallest absolute Gasteiger partial charge is 0.310 e. The van der Waals surface area contributed by atoms with Crippen LogP contribution in [0.5, 0.6) is 0 Å². The third-order valence-electron chi connectivity index (χ3n) is 4.28. The highest BCUT2D eigenvalue weighted by Gasteiger charge is 2.45. The first-order valence-electron chi connectivity index (χ1n) is 7.12. The quantitative estimate of drug-likeness (QED) is 0.791. The molecular weight excluding hydrogens is 230 g/mol. The van der Waals surface area contributed by atoms with Gasteiger partial charge in [0.15, 0.2) is 0 Å². The molecule has 0 bridgehead atoms. The molecule has 0 atom stereocenters. The molecule has 0 radical (unpaired) electrons. The van der Waals surface area contributed by atoms with Crippen LogP contribution in [0.4, 0.5) is 0 Å². The summed E-state index contributed by atoms with van der Waals surface area (Å²) in [4.78, 5) is 25.7. The van der Waals surface area contributed by atoms with Crippen molar-refractivity contribution >= 4 is 11.9 Å². The molecule has 2 rings (SSSR count). The van der Waals surface area contributed by atoms with E-state index in [2.05, 4.69) is 6.92 Å². The highest BCUT2D eigenvalue weighted by atomic mass is 16.4. The van der Waals surface area contributed by atoms with E-state index in [1.54, 1.807) is 0 Å². The summed E-state index contributed by atoms with van der Waals surface area (Å²) < 4.78 is 0. The lowest BCUT2D eigenvalue weighted by Gasteiger charge is -2.28. The summed E-state index contributed by atoms with van der Waals surface area (Å²) in [7, 11) is 0. The van der Waals surface area contributed by atoms with Crippen LogP contribution < -0.4 is 0 Å². The Labute approximate surface area is 108 Å². The molecule has 0 heterocycles. The van der Waals surface area contributed by atoms with Crippen LogP contribution in [-0.2, 0) is 9.59 Å². The van der Waals surface area contributed by atoms with E-state index in [4.69, 9.17) is 0 Å². The Kier molecular flexibility index (Phi) is 3.93. The van der Waals surface area contributed by atoms with Gasteiger partial charge in [-0.25, -0.2) is 0 Å². The summed E-state index contributed by atoms with van der Waals surface area (Å²) in [5.74, 6) is -0.718. The van der Waals surface area contributed by atoms with E-state index in [1.807, 2.05) is 4.90 Å². The molecule has 0 aromatic rings. The molecule has 0 aliphatic heterocycles. The minimum Gasteiger partial charge on any atom is -0.481 e. The molecule has 2 saturated carbocycles. The van der Waals surface area contributed by atoms with E-state index in [0.717, 1.165) is 38.6 Å². The second-order valence-electron chi connectivity index (χ2n) is 5.79. The molecule has 0 spiro atoms. The summed E-state index contributed by atoms with van der Waals surface area (Å²) in [6.07, 6.45) is 6.55. The van der Waals surface area contributed by atoms with Crippen molar-refractivity contribution in [2.24, 2.45) is 5.41 Å². The number of aliphatic carboxylic acids is 1. The van der Waals surface area contributed by atoms with Gasteiger partial charge in [-0.05, 0) is 32.1 Å². The number of hydrogen-bond acceptors (Lipinski definition) is 2. The Balaban J connectivity index is 2.01. The Morgan fingerprint density at radius 2 is 1.89 bits per heavy atom. The predicted molar refractivity (Wildman–Crippen MR) is 68.2 cm³/mol. The van der Waals surface area contributed by atoms with Crippen LogP contribution in [0, 0.1) is 5.41 Å². The van der Waals surface area contributed by atoms with Gasteiger partial charge < -0.3 is 10.0 Å². The lowest BCUT2D eigenvalue weighted by Crippen LogP contribution is -2.40. The molecule has 102 valence electrons. The van der Waals surface area contributed by atoms with E-state index in [-0.39, 0.29) is 12.3 Å². The average Bonchev–Trinajstić information content (AvgIpc) is 3.05. The van der Waals surface area contributed by atoms with Gasteiger partial charge in [0.1, 0.15) is 0 Å². The third kappa shape index (κ3) is 2.68. The van der Waals surface area contributed by atoms with Crippen molar-refractivity contribution in [2.45, 2.75) is 64.3 Å². The maximum atomic E-state index is 12.3. The Hall–Kier alpha value is -1.06. The molecule has 2 aliphatic rings. The standard InChI is InChI=1S/C14H23NO3/c1-2-9-15(11-5-6-11)12(16)10-14(13(17)18)7-3-4-8-14/h11H,2-10H2,1H3,(H,17,18). The number of nitrogens with zero attached hydrogens (tertiary/aromatic N) is 1. The number of carbonyl (C=O) groups is 2. The fourth-order valence-corrected chi connectivity index (χ4v) is 3.05. The van der Waals surface area contributed by atoms with Crippen LogP contribution in [0.3, 0.4) is 0 Å². The van der Waals surface area contributed by atoms with Crippen LogP contribution >= 0.6 is 0 Å². The molecule has 1 N–H and O–H groups in total. The van der Waals surface area contributed by atoms with Gasteiger partial charge in [-0.2, -0.15) is 0 Å². The van der Waals surface area contributed by atoms with E-state index >= 15 is 0 Å². The fourth-order valence-electron chi connectivity index (χ4n) is 3.05. The van der Waals surface area contributed by atoms with Crippen LogP contribution in [0.15, 0.2) is 0 Å². The number of amides is 1. The average molecular weight is 253 g/mol. The molecule has 0 saturated heterocycles. The monoisotopic (exact) mass is 253 g/mol. The summed E-state index contributed by atoms with van der Waals surface area (Å²) in [5.41, 5.74) is -0.766. The first-order chi connectivity index (χ1) is 8.59. The van der Waals surface area contributed by atoms with Crippen molar-refractivity contribution in [3.05, 3.63) is 0 Å². The van der Waals surface area contributed by atoms with E-state index in [0.29, 0.717) is 18.9 Å². The first-order valence-corrected chi connectivity index (χ1v) is 7.12. The number of rotatable bonds is 6. The van der Waals surface area contributed by atoms with Crippen molar-refractivity contribution in [1.82, 2.24) is 4.90 Å². The van der Waals surface area contributed by atoms with Crippen molar-refractivity contribution < 1.29 is 14.7 Å². The van der Waals surface area contributed by atoms with Crippen molar-refractivity contribution in [2.75, 3.05) is 6.54 Å². The Bertz CT molecular complexity index is 330. The number of carboxylic acid groups (broad SMARTS) is 1. The van der Waals surface area contributed by atoms with Crippen molar-refractivity contribution in [3.63, 3.8) is 0 Å². The zero-order valence-corrected chi connectivity index (χ0v) is 11.2. The molecule has 2 fully saturated rings. The number of carboxylic acids is 1. The zero-order valence-electron chi connectivity index (χ0n) is 11.2. The SMILES string of the molecule is CCCN(C(=O)CC1(C(=O)O)CCCC1)C1CC1. The van der Waals surface area contributed by atoms with Gasteiger partial charge in [-0.15, -0.1) is 0 Å². The Morgan fingerprint density at radius 1 is 1.28 bits per heavy atom. The van der Waals surface area contributed by atoms with Gasteiger partial charge in [0.05, 0.1) is 5.41 Å². The summed E-state index contributed by atoms with van der Waals surface area (Å²) in [6, 6.07) is 0.393. The normalized spacial score (nSPS) is 21.8. The largest absolute Gasteiger partial charge is 0.481 e. The summed E-state index contributed by atoms with van der Waals surface area (Å²) in [6.45, 7) is 2.84. The highest BCUT2D eigenvalue weighted by Crippen LogP contribution is 2.42. The summed E-state index contributed by atoms with van der Waals surface area (Å²) in [5, 5.41) is 9.41. The van der Waals surface area contributed by atoms with Crippen LogP contribution in [0.1, 0.15) is 58.3 Å². The minimum absolute atomic E-state index is 0.0589. The molecule has 0 aromatic heterocycles. The maximum absolute atomic E-state index is 12.3. The van der Waals surface area contributed by atoms with Gasteiger partial charge in [0.2, 0.25) is 5.91 Å². The van der Waals surface area contributed by atoms with E-state index in [9.17, 15) is 14.7 Å². The van der Waals surface area contributed by atoms with E-state index < -0.39 is 11.4 Å². The molecule has 18 heavy (non-hydrogen) atoms. The summed E-state index contributed by atoms with van der Waals surface area (Å²) >= 11 is 0. The second kappa shape index (κ2) is 5.29. The number of carbonyl (C=O) groups excluding carboxylic acids is 1. The van der Waals surface area contributed by atoms with Gasteiger partial charge in [0.25, 0.3) is 0 Å². The molecule has 4 heteroatoms. The predicted octanol–water partition coefficient (Wildman–Crippen LogP) is 2.42. The van der Waals surface area contributed by atoms with Crippen LogP contribution in [0.2, 0.25) is 0 Å². The molecule has 1 amide bonds. The van der Waals surface area contributed by atoms with Gasteiger partial charge in [-0.3, -0.25) is 9.59 Å². The zero-order chi connectivity index (χ0) is 13.2. The lowest BCUT2D eigenvalue weighted by atomic mass is 9.82. The van der Waals surface area contributed by atoms with Crippen molar-refractivity contribution in [1.29, 1.82) is 0 Å². The maximum Gasteiger partial charge on any atom is 0.310 e. The van der Waals surface area contributed by atoms with Gasteiger partial charge in [-0.1, -0.05) is 19.8 Å². The third-order valence-corrected chi connectivity index (χ3v) is 4.28. The van der Waals surface area contributed by atoms with Crippen LogP contribution in [0.25, 0.3) is 0 Å². The van der Waals surface area contributed by atoms with Crippen molar-refractivity contribution in [3.8, 4) is 0 Å². The molecule has 0 unspecified atom stereocenters. The molecule has 4 nitrogen and oxygen atoms in total. The topological polar surface area (TPSA) is 57.6 Å². The number of hydrogen-bond donors (Lipinski definition) is 1. The Morgan fingerprint density at radius 3 is 2.33 bits per heavy atom. The second-order valence-corrected chi connectivity index (χ2v) is 5.79.